The van der Waals surface area contributed by atoms with E-state index in [1.54, 1.807) is 18.5 Å². The minimum atomic E-state index is -0.797. The van der Waals surface area contributed by atoms with Gasteiger partial charge in [0.05, 0.1) is 29.5 Å². The number of carbonyl (C=O) groups is 2. The normalized spacial score (nSPS) is 12.0. The van der Waals surface area contributed by atoms with E-state index >= 15 is 0 Å². The fraction of sp³-hybridized carbons (Fsp3) is 0.364. The smallest absolute Gasteiger partial charge is 0.355 e. The van der Waals surface area contributed by atoms with Crippen molar-refractivity contribution in [3.63, 3.8) is 0 Å². The van der Waals surface area contributed by atoms with Crippen molar-refractivity contribution in [2.75, 3.05) is 18.9 Å². The number of carbonyl (C=O) groups excluding carboxylic acids is 2. The minimum absolute atomic E-state index is 0.00540. The highest BCUT2D eigenvalue weighted by molar-refractivity contribution is 6.03. The van der Waals surface area contributed by atoms with Gasteiger partial charge in [-0.25, -0.2) is 14.3 Å². The molecule has 0 atom stereocenters. The van der Waals surface area contributed by atoms with Crippen molar-refractivity contribution in [1.29, 1.82) is 0 Å². The lowest BCUT2D eigenvalue weighted by molar-refractivity contribution is -0.384. The van der Waals surface area contributed by atoms with Gasteiger partial charge >= 0.3 is 11.9 Å². The summed E-state index contributed by atoms with van der Waals surface area (Å²) in [7, 11) is 0. The van der Waals surface area contributed by atoms with Gasteiger partial charge in [-0.2, -0.15) is 5.10 Å². The van der Waals surface area contributed by atoms with E-state index in [0.29, 0.717) is 22.6 Å². The number of hydrogen-bond donors (Lipinski definition) is 1. The molecule has 242 valence electrons. The lowest BCUT2D eigenvalue weighted by Crippen LogP contribution is -2.22. The monoisotopic (exact) mass is 629 g/mol. The quantitative estimate of drug-likeness (QED) is 0.0857. The minimum Gasteiger partial charge on any atom is -0.462 e. The number of azo groups is 1. The third-order valence-corrected chi connectivity index (χ3v) is 7.01. The molecule has 0 radical (unpaired) electrons. The van der Waals surface area contributed by atoms with E-state index in [9.17, 15) is 19.7 Å². The highest BCUT2D eigenvalue weighted by atomic mass is 16.6. The Labute approximate surface area is 267 Å². The first kappa shape index (κ1) is 33.6. The number of esters is 2. The topological polar surface area (TPSA) is 169 Å². The number of ether oxygens (including phenoxy) is 2. The number of hydrogen-bond acceptors (Lipinski definition) is 10. The highest BCUT2D eigenvalue weighted by Gasteiger charge is 2.39. The number of benzene rings is 2. The third kappa shape index (κ3) is 6.53. The van der Waals surface area contributed by atoms with Crippen molar-refractivity contribution >= 4 is 34.9 Å². The molecule has 2 aromatic heterocycles. The first-order valence-corrected chi connectivity index (χ1v) is 14.9. The molecule has 0 fully saturated rings. The van der Waals surface area contributed by atoms with E-state index in [2.05, 4.69) is 10.2 Å². The summed E-state index contributed by atoms with van der Waals surface area (Å²) in [6.07, 6.45) is 0. The Morgan fingerprint density at radius 1 is 0.870 bits per heavy atom. The van der Waals surface area contributed by atoms with Gasteiger partial charge in [0.2, 0.25) is 0 Å². The third-order valence-electron chi connectivity index (χ3n) is 7.01. The first-order valence-electron chi connectivity index (χ1n) is 14.9. The van der Waals surface area contributed by atoms with Crippen molar-refractivity contribution < 1.29 is 24.0 Å². The van der Waals surface area contributed by atoms with E-state index in [-0.39, 0.29) is 47.5 Å². The number of nitrogens with two attached hydrogens (primary N) is 1. The summed E-state index contributed by atoms with van der Waals surface area (Å²) in [5.41, 5.74) is 7.36. The average molecular weight is 630 g/mol. The van der Waals surface area contributed by atoms with Crippen molar-refractivity contribution in [3.8, 4) is 11.4 Å². The lowest BCUT2D eigenvalue weighted by atomic mass is 9.84. The molecule has 2 aromatic carbocycles. The maximum absolute atomic E-state index is 13.7. The maximum atomic E-state index is 13.7. The highest BCUT2D eigenvalue weighted by Crippen LogP contribution is 2.43. The summed E-state index contributed by atoms with van der Waals surface area (Å²) >= 11 is 0. The Morgan fingerprint density at radius 3 is 1.98 bits per heavy atom. The van der Waals surface area contributed by atoms with Crippen LogP contribution >= 0.6 is 0 Å². The van der Waals surface area contributed by atoms with E-state index in [4.69, 9.17) is 20.3 Å². The number of nitrogens with zero attached hydrogens (tertiary/aromatic N) is 6. The molecule has 2 heterocycles. The molecule has 0 aliphatic heterocycles. The van der Waals surface area contributed by atoms with Crippen LogP contribution in [-0.4, -0.2) is 44.4 Å². The van der Waals surface area contributed by atoms with Gasteiger partial charge in [-0.1, -0.05) is 59.7 Å². The predicted molar refractivity (Wildman–Crippen MR) is 174 cm³/mol. The molecular formula is C33H39N7O6. The van der Waals surface area contributed by atoms with Gasteiger partial charge < -0.3 is 15.2 Å². The molecule has 0 aliphatic carbocycles. The fourth-order valence-corrected chi connectivity index (χ4v) is 5.04. The first-order chi connectivity index (χ1) is 21.6. The number of aromatic nitrogens is 3. The maximum Gasteiger partial charge on any atom is 0.355 e. The van der Waals surface area contributed by atoms with Crippen LogP contribution in [0.3, 0.4) is 0 Å². The van der Waals surface area contributed by atoms with Gasteiger partial charge in [0.15, 0.2) is 17.3 Å². The molecule has 46 heavy (non-hydrogen) atoms. The number of anilines is 1. The summed E-state index contributed by atoms with van der Waals surface area (Å²) < 4.78 is 13.9. The van der Waals surface area contributed by atoms with Gasteiger partial charge in [-0.15, -0.1) is 10.2 Å². The van der Waals surface area contributed by atoms with Crippen LogP contribution in [0.4, 0.5) is 23.0 Å². The van der Waals surface area contributed by atoms with Crippen LogP contribution in [0.1, 0.15) is 87.5 Å². The second-order valence-corrected chi connectivity index (χ2v) is 12.5. The molecule has 0 saturated heterocycles. The summed E-state index contributed by atoms with van der Waals surface area (Å²) in [4.78, 5) is 38.3. The van der Waals surface area contributed by atoms with E-state index < -0.39 is 27.7 Å². The van der Waals surface area contributed by atoms with Crippen molar-refractivity contribution in [2.45, 2.75) is 66.2 Å². The molecule has 2 N–H and O–H groups in total. The Balaban J connectivity index is 2.13. The van der Waals surface area contributed by atoms with E-state index in [1.807, 2.05) is 71.9 Å². The van der Waals surface area contributed by atoms with Crippen LogP contribution in [0.2, 0.25) is 0 Å². The van der Waals surface area contributed by atoms with Gasteiger partial charge in [0.25, 0.3) is 5.69 Å². The van der Waals surface area contributed by atoms with Crippen LogP contribution in [-0.2, 0) is 20.3 Å². The molecular weight excluding hydrogens is 590 g/mol. The molecule has 0 amide bonds. The number of rotatable bonds is 9. The molecule has 0 aliphatic rings. The second kappa shape index (κ2) is 13.0. The number of para-hydroxylation sites is 1. The largest absolute Gasteiger partial charge is 0.462 e. The van der Waals surface area contributed by atoms with Crippen LogP contribution in [0, 0.1) is 10.1 Å². The summed E-state index contributed by atoms with van der Waals surface area (Å²) in [5, 5.41) is 25.4. The van der Waals surface area contributed by atoms with Crippen LogP contribution in [0.25, 0.3) is 11.4 Å². The van der Waals surface area contributed by atoms with Gasteiger partial charge in [-0.05, 0) is 43.5 Å². The van der Waals surface area contributed by atoms with Gasteiger partial charge in [0, 0.05) is 28.8 Å². The second-order valence-electron chi connectivity index (χ2n) is 12.5. The lowest BCUT2D eigenvalue weighted by Gasteiger charge is -2.21. The zero-order valence-corrected chi connectivity index (χ0v) is 27.3. The zero-order chi connectivity index (χ0) is 34.0. The number of non-ortho nitro benzene ring substituents is 1. The van der Waals surface area contributed by atoms with Gasteiger partial charge in [-0.3, -0.25) is 14.7 Å². The molecule has 0 spiro atoms. The summed E-state index contributed by atoms with van der Waals surface area (Å²) in [5.74, 6) is -1.26. The van der Waals surface area contributed by atoms with Crippen LogP contribution in [0.5, 0.6) is 0 Å². The standard InChI is InChI=1S/C33H39N7O6/c1-9-45-30(41)23-24(32(3,4)5)26(31(42)46-10-2)38(20-16-18-22(19-17-20)40(43)44)29(23)36-35-25-27(33(6,7)8)37-39(28(25)34)21-14-12-11-13-15-21/h11-19H,9-10,34H2,1-8H3/b36-35+. The fourth-order valence-electron chi connectivity index (χ4n) is 5.04. The average Bonchev–Trinajstić information content (AvgIpc) is 3.52. The Bertz CT molecular complexity index is 1790. The predicted octanol–water partition coefficient (Wildman–Crippen LogP) is 7.52. The molecule has 4 aromatic rings. The Morgan fingerprint density at radius 2 is 1.46 bits per heavy atom. The van der Waals surface area contributed by atoms with Crippen LogP contribution < -0.4 is 5.73 Å². The zero-order valence-electron chi connectivity index (χ0n) is 27.3. The number of nitrogen functional groups attached to an aromatic ring is 1. The molecule has 4 rings (SSSR count). The molecule has 0 unspecified atom stereocenters. The van der Waals surface area contributed by atoms with E-state index in [0.717, 1.165) is 0 Å². The van der Waals surface area contributed by atoms with Crippen molar-refractivity contribution in [3.05, 3.63) is 87.2 Å². The molecule has 0 bridgehead atoms. The molecule has 13 heteroatoms. The van der Waals surface area contributed by atoms with Gasteiger partial charge in [0.1, 0.15) is 11.3 Å². The molecule has 0 saturated carbocycles. The SMILES string of the molecule is CCOC(=O)c1c(C(C)(C)C)c(C(=O)OCC)n(-c2ccc([N+](=O)[O-])cc2)c1/N=N/c1c(C(C)(C)C)nn(-c2ccccc2)c1N. The number of nitro benzene ring substituents is 1. The Kier molecular flexibility index (Phi) is 9.45. The number of nitro groups is 1. The van der Waals surface area contributed by atoms with Crippen LogP contribution in [0.15, 0.2) is 64.8 Å². The molecule has 13 nitrogen and oxygen atoms in total. The summed E-state index contributed by atoms with van der Waals surface area (Å²) in [6.45, 7) is 14.9. The Hall–Kier alpha value is -5.33. The van der Waals surface area contributed by atoms with Crippen molar-refractivity contribution in [2.24, 2.45) is 10.2 Å². The van der Waals surface area contributed by atoms with Crippen molar-refractivity contribution in [1.82, 2.24) is 14.3 Å². The van der Waals surface area contributed by atoms with E-state index in [1.165, 1.54) is 28.8 Å². The summed E-state index contributed by atoms with van der Waals surface area (Å²) in [6, 6.07) is 14.8.